The Kier molecular flexibility index (Phi) is 4.57. The SMILES string of the molecule is [2H]C([2H])([2H])NC(=O)c1nnccc1Nc1ccc(-c2nnnn2CC)cc1OC(F)F. The van der Waals surface area contributed by atoms with Crippen LogP contribution < -0.4 is 15.4 Å². The Morgan fingerprint density at radius 1 is 1.32 bits per heavy atom. The van der Waals surface area contributed by atoms with Crippen molar-refractivity contribution in [3.63, 3.8) is 0 Å². The molecule has 0 aliphatic heterocycles. The number of carbonyl (C=O) groups excluding carboxylic acids is 1. The summed E-state index contributed by atoms with van der Waals surface area (Å²) in [6.07, 6.45) is 1.24. The van der Waals surface area contributed by atoms with Crippen molar-refractivity contribution in [1.82, 2.24) is 35.7 Å². The third-order valence-corrected chi connectivity index (χ3v) is 3.61. The predicted molar refractivity (Wildman–Crippen MR) is 94.3 cm³/mol. The molecular weight excluding hydrogens is 374 g/mol. The lowest BCUT2D eigenvalue weighted by atomic mass is 10.1. The topological polar surface area (TPSA) is 120 Å². The number of nitrogens with zero attached hydrogens (tertiary/aromatic N) is 6. The highest BCUT2D eigenvalue weighted by atomic mass is 19.3. The van der Waals surface area contributed by atoms with Crippen molar-refractivity contribution < 1.29 is 22.4 Å². The van der Waals surface area contributed by atoms with Crippen LogP contribution in [0, 0.1) is 0 Å². The summed E-state index contributed by atoms with van der Waals surface area (Å²) >= 11 is 0. The largest absolute Gasteiger partial charge is 0.433 e. The Morgan fingerprint density at radius 3 is 2.93 bits per heavy atom. The number of hydrogen-bond donors (Lipinski definition) is 2. The average molecular weight is 393 g/mol. The van der Waals surface area contributed by atoms with Gasteiger partial charge in [-0.3, -0.25) is 4.79 Å². The van der Waals surface area contributed by atoms with E-state index in [2.05, 4.69) is 35.8 Å². The first-order valence-corrected chi connectivity index (χ1v) is 7.94. The second-order valence-corrected chi connectivity index (χ2v) is 5.28. The number of aryl methyl sites for hydroxylation is 1. The van der Waals surface area contributed by atoms with Crippen molar-refractivity contribution in [3.05, 3.63) is 36.2 Å². The minimum atomic E-state index is -3.13. The Hall–Kier alpha value is -3.70. The maximum atomic E-state index is 13.0. The summed E-state index contributed by atoms with van der Waals surface area (Å²) in [6, 6.07) is 5.63. The lowest BCUT2D eigenvalue weighted by Gasteiger charge is -2.15. The zero-order valence-corrected chi connectivity index (χ0v) is 14.4. The van der Waals surface area contributed by atoms with Gasteiger partial charge in [-0.25, -0.2) is 4.68 Å². The number of tetrazole rings is 1. The summed E-state index contributed by atoms with van der Waals surface area (Å²) in [5.41, 5.74) is 0.166. The van der Waals surface area contributed by atoms with Gasteiger partial charge in [0.15, 0.2) is 11.5 Å². The number of halogens is 2. The van der Waals surface area contributed by atoms with Crippen molar-refractivity contribution in [1.29, 1.82) is 0 Å². The van der Waals surface area contributed by atoms with Gasteiger partial charge in [-0.05, 0) is 41.6 Å². The molecule has 0 saturated heterocycles. The van der Waals surface area contributed by atoms with Gasteiger partial charge in [0.2, 0.25) is 0 Å². The molecule has 3 rings (SSSR count). The number of ether oxygens (including phenoxy) is 1. The van der Waals surface area contributed by atoms with E-state index in [0.29, 0.717) is 17.9 Å². The smallest absolute Gasteiger partial charge is 0.387 e. The van der Waals surface area contributed by atoms with Crippen molar-refractivity contribution in [3.8, 4) is 17.1 Å². The summed E-state index contributed by atoms with van der Waals surface area (Å²) in [5.74, 6) is -0.931. The molecule has 2 heterocycles. The summed E-state index contributed by atoms with van der Waals surface area (Å²) in [6.45, 7) is -3.61. The maximum absolute atomic E-state index is 13.0. The molecule has 0 spiro atoms. The molecule has 0 fully saturated rings. The minimum Gasteiger partial charge on any atom is -0.433 e. The van der Waals surface area contributed by atoms with Gasteiger partial charge in [0, 0.05) is 23.2 Å². The van der Waals surface area contributed by atoms with Crippen molar-refractivity contribution in [2.45, 2.75) is 20.1 Å². The third kappa shape index (κ3) is 4.00. The third-order valence-electron chi connectivity index (χ3n) is 3.61. The molecule has 3 aromatic rings. The minimum absolute atomic E-state index is 0.0296. The lowest BCUT2D eigenvalue weighted by molar-refractivity contribution is -0.0493. The van der Waals surface area contributed by atoms with Crippen LogP contribution in [0.4, 0.5) is 20.2 Å². The van der Waals surface area contributed by atoms with E-state index in [-0.39, 0.29) is 22.8 Å². The van der Waals surface area contributed by atoms with E-state index in [0.717, 1.165) is 0 Å². The first kappa shape index (κ1) is 15.4. The molecule has 10 nitrogen and oxygen atoms in total. The Labute approximate surface area is 162 Å². The number of carbonyl (C=O) groups is 1. The second-order valence-electron chi connectivity index (χ2n) is 5.28. The summed E-state index contributed by atoms with van der Waals surface area (Å²) in [5, 5.41) is 23.0. The molecule has 12 heteroatoms. The maximum Gasteiger partial charge on any atom is 0.387 e. The number of rotatable bonds is 7. The van der Waals surface area contributed by atoms with E-state index in [1.807, 2.05) is 6.92 Å². The molecule has 0 aliphatic rings. The van der Waals surface area contributed by atoms with E-state index in [1.165, 1.54) is 29.1 Å². The fourth-order valence-electron chi connectivity index (χ4n) is 2.39. The van der Waals surface area contributed by atoms with E-state index in [1.54, 1.807) is 11.4 Å². The Bertz CT molecular complexity index is 1080. The van der Waals surface area contributed by atoms with Crippen LogP contribution in [0.1, 0.15) is 21.5 Å². The van der Waals surface area contributed by atoms with E-state index in [9.17, 15) is 13.6 Å². The summed E-state index contributed by atoms with van der Waals surface area (Å²) < 4.78 is 53.5. The highest BCUT2D eigenvalue weighted by Crippen LogP contribution is 2.33. The van der Waals surface area contributed by atoms with Crippen LogP contribution in [0.2, 0.25) is 0 Å². The van der Waals surface area contributed by atoms with Crippen LogP contribution in [-0.2, 0) is 6.54 Å². The van der Waals surface area contributed by atoms with E-state index in [4.69, 9.17) is 4.11 Å². The monoisotopic (exact) mass is 393 g/mol. The first-order chi connectivity index (χ1) is 14.7. The van der Waals surface area contributed by atoms with Crippen LogP contribution in [0.25, 0.3) is 11.4 Å². The number of amides is 1. The number of nitrogens with one attached hydrogen (secondary N) is 2. The van der Waals surface area contributed by atoms with Gasteiger partial charge in [-0.1, -0.05) is 0 Å². The molecule has 0 saturated carbocycles. The van der Waals surface area contributed by atoms with E-state index >= 15 is 0 Å². The van der Waals surface area contributed by atoms with Crippen molar-refractivity contribution >= 4 is 17.3 Å². The first-order valence-electron chi connectivity index (χ1n) is 9.44. The van der Waals surface area contributed by atoms with Crippen LogP contribution in [-0.4, -0.2) is 49.9 Å². The number of benzene rings is 1. The fraction of sp³-hybridized carbons (Fsp3) is 0.250. The average Bonchev–Trinajstić information content (AvgIpc) is 3.17. The lowest BCUT2D eigenvalue weighted by Crippen LogP contribution is -2.21. The fourth-order valence-corrected chi connectivity index (χ4v) is 2.39. The molecule has 2 aromatic heterocycles. The van der Waals surface area contributed by atoms with Crippen LogP contribution in [0.5, 0.6) is 5.75 Å². The number of anilines is 2. The number of alkyl halides is 2. The predicted octanol–water partition coefficient (Wildman–Crippen LogP) is 1.85. The normalized spacial score (nSPS) is 12.8. The van der Waals surface area contributed by atoms with Gasteiger partial charge in [-0.15, -0.1) is 10.2 Å². The van der Waals surface area contributed by atoms with Crippen molar-refractivity contribution in [2.24, 2.45) is 0 Å². The van der Waals surface area contributed by atoms with Crippen LogP contribution >= 0.6 is 0 Å². The molecule has 1 aromatic carbocycles. The zero-order chi connectivity index (χ0) is 22.6. The molecule has 0 atom stereocenters. The number of hydrogen-bond acceptors (Lipinski definition) is 8. The Balaban J connectivity index is 1.97. The number of aromatic nitrogens is 6. The van der Waals surface area contributed by atoms with Gasteiger partial charge in [0.1, 0.15) is 5.75 Å². The molecule has 1 amide bonds. The van der Waals surface area contributed by atoms with Gasteiger partial charge in [0.25, 0.3) is 5.91 Å². The van der Waals surface area contributed by atoms with Crippen LogP contribution in [0.15, 0.2) is 30.5 Å². The quantitative estimate of drug-likeness (QED) is 0.624. The van der Waals surface area contributed by atoms with Crippen LogP contribution in [0.3, 0.4) is 0 Å². The molecule has 0 radical (unpaired) electrons. The van der Waals surface area contributed by atoms with E-state index < -0.39 is 19.5 Å². The molecule has 0 aliphatic carbocycles. The molecule has 2 N–H and O–H groups in total. The molecule has 0 bridgehead atoms. The molecule has 146 valence electrons. The molecule has 0 unspecified atom stereocenters. The molecular formula is C16H16F2N8O2. The van der Waals surface area contributed by atoms with Gasteiger partial charge in [0.05, 0.1) is 17.6 Å². The highest BCUT2D eigenvalue weighted by Gasteiger charge is 2.18. The second kappa shape index (κ2) is 8.33. The molecule has 28 heavy (non-hydrogen) atoms. The van der Waals surface area contributed by atoms with Gasteiger partial charge < -0.3 is 15.4 Å². The highest BCUT2D eigenvalue weighted by molar-refractivity contribution is 5.98. The standard InChI is InChI=1S/C16H16F2N8O2/c1-3-26-14(23-24-25-26)9-4-5-10(12(8-9)28-16(17)18)21-11-6-7-20-22-13(11)15(27)19-2/h4-8,16H,3H2,1-2H3,(H,19,27)(H,20,21)/i2D3. The van der Waals surface area contributed by atoms with Gasteiger partial charge in [-0.2, -0.15) is 13.9 Å². The Morgan fingerprint density at radius 2 is 2.18 bits per heavy atom. The summed E-state index contributed by atoms with van der Waals surface area (Å²) in [7, 11) is 0. The summed E-state index contributed by atoms with van der Waals surface area (Å²) in [4.78, 5) is 12.2. The van der Waals surface area contributed by atoms with Gasteiger partial charge >= 0.3 is 6.61 Å². The zero-order valence-electron chi connectivity index (χ0n) is 17.4. The van der Waals surface area contributed by atoms with Crippen molar-refractivity contribution in [2.75, 3.05) is 12.3 Å².